The molecule has 0 spiro atoms. The van der Waals surface area contributed by atoms with E-state index in [1.165, 1.54) is 15.5 Å². The minimum absolute atomic E-state index is 0.0559. The van der Waals surface area contributed by atoms with Gasteiger partial charge >= 0.3 is 0 Å². The number of carbonyl (C=O) groups excluding carboxylic acids is 1. The van der Waals surface area contributed by atoms with Crippen LogP contribution in [0.4, 0.5) is 0 Å². The predicted molar refractivity (Wildman–Crippen MR) is 111 cm³/mol. The van der Waals surface area contributed by atoms with Crippen LogP contribution in [0.1, 0.15) is 40.5 Å². The number of H-pyrrole nitrogens is 1. The number of pyridine rings is 1. The Labute approximate surface area is 162 Å². The van der Waals surface area contributed by atoms with Crippen molar-refractivity contribution in [1.29, 1.82) is 0 Å². The Hall–Kier alpha value is -3.34. The SMILES string of the molecule is Cn1cc(C(=O)N[C@@H]2CCCc3c2[nH]c2ccccc32)c2ccccc2c1=O. The maximum atomic E-state index is 13.2. The van der Waals surface area contributed by atoms with Gasteiger partial charge in [-0.05, 0) is 37.0 Å². The van der Waals surface area contributed by atoms with E-state index in [0.717, 1.165) is 30.5 Å². The maximum absolute atomic E-state index is 13.2. The molecule has 2 heterocycles. The number of rotatable bonds is 2. The number of nitrogens with one attached hydrogen (secondary N) is 2. The van der Waals surface area contributed by atoms with Crippen molar-refractivity contribution < 1.29 is 4.79 Å². The standard InChI is InChI=1S/C23H21N3O2/c1-26-13-18(14-7-2-3-9-17(14)23(26)28)22(27)25-20-12-6-10-16-15-8-4-5-11-19(15)24-21(16)20/h2-5,7-9,11,13,20,24H,6,10,12H2,1H3,(H,25,27)/t20-/m1/s1. The summed E-state index contributed by atoms with van der Waals surface area (Å²) in [6, 6.07) is 15.5. The van der Waals surface area contributed by atoms with E-state index in [1.54, 1.807) is 19.3 Å². The monoisotopic (exact) mass is 371 g/mol. The van der Waals surface area contributed by atoms with Gasteiger partial charge in [0, 0.05) is 40.6 Å². The molecule has 0 saturated heterocycles. The molecular formula is C23H21N3O2. The number of para-hydroxylation sites is 1. The molecule has 5 rings (SSSR count). The molecule has 2 aromatic heterocycles. The molecule has 0 bridgehead atoms. The number of nitrogens with zero attached hydrogens (tertiary/aromatic N) is 1. The lowest BCUT2D eigenvalue weighted by Gasteiger charge is -2.24. The molecule has 0 fully saturated rings. The molecule has 2 aromatic carbocycles. The third kappa shape index (κ3) is 2.54. The molecule has 0 radical (unpaired) electrons. The van der Waals surface area contributed by atoms with Crippen LogP contribution in [0.15, 0.2) is 59.5 Å². The highest BCUT2D eigenvalue weighted by Gasteiger charge is 2.26. The first-order chi connectivity index (χ1) is 13.6. The van der Waals surface area contributed by atoms with E-state index >= 15 is 0 Å². The number of hydrogen-bond donors (Lipinski definition) is 2. The van der Waals surface area contributed by atoms with Crippen LogP contribution in [0.3, 0.4) is 0 Å². The van der Waals surface area contributed by atoms with Crippen LogP contribution in [0, 0.1) is 0 Å². The Morgan fingerprint density at radius 3 is 2.61 bits per heavy atom. The summed E-state index contributed by atoms with van der Waals surface area (Å²) in [7, 11) is 1.68. The molecule has 0 aliphatic heterocycles. The lowest BCUT2D eigenvalue weighted by molar-refractivity contribution is 0.0933. The fraction of sp³-hybridized carbons (Fsp3) is 0.217. The fourth-order valence-corrected chi connectivity index (χ4v) is 4.39. The smallest absolute Gasteiger partial charge is 0.258 e. The van der Waals surface area contributed by atoms with Crippen LogP contribution in [-0.4, -0.2) is 15.5 Å². The predicted octanol–water partition coefficient (Wildman–Crippen LogP) is 3.83. The van der Waals surface area contributed by atoms with Crippen molar-refractivity contribution in [3.05, 3.63) is 81.9 Å². The number of hydrogen-bond acceptors (Lipinski definition) is 2. The van der Waals surface area contributed by atoms with Gasteiger partial charge in [-0.1, -0.05) is 36.4 Å². The second-order valence-corrected chi connectivity index (χ2v) is 7.49. The van der Waals surface area contributed by atoms with Gasteiger partial charge in [0.15, 0.2) is 0 Å². The highest BCUT2D eigenvalue weighted by Crippen LogP contribution is 2.34. The lowest BCUT2D eigenvalue weighted by atomic mass is 9.91. The second kappa shape index (κ2) is 6.37. The Balaban J connectivity index is 1.55. The highest BCUT2D eigenvalue weighted by atomic mass is 16.2. The molecule has 140 valence electrons. The third-order valence-corrected chi connectivity index (χ3v) is 5.76. The fourth-order valence-electron chi connectivity index (χ4n) is 4.39. The Morgan fingerprint density at radius 1 is 1.07 bits per heavy atom. The zero-order valence-corrected chi connectivity index (χ0v) is 15.7. The summed E-state index contributed by atoms with van der Waals surface area (Å²) in [6.45, 7) is 0. The Kier molecular flexibility index (Phi) is 3.83. The molecule has 1 amide bonds. The van der Waals surface area contributed by atoms with Crippen molar-refractivity contribution in [1.82, 2.24) is 14.9 Å². The first-order valence-corrected chi connectivity index (χ1v) is 9.62. The van der Waals surface area contributed by atoms with Gasteiger partial charge in [-0.3, -0.25) is 9.59 Å². The van der Waals surface area contributed by atoms with E-state index in [4.69, 9.17) is 0 Å². The van der Waals surface area contributed by atoms with E-state index in [2.05, 4.69) is 28.5 Å². The number of fused-ring (bicyclic) bond motifs is 4. The average molecular weight is 371 g/mol. The lowest BCUT2D eigenvalue weighted by Crippen LogP contribution is -2.32. The zero-order valence-electron chi connectivity index (χ0n) is 15.7. The number of aromatic nitrogens is 2. The molecule has 4 aromatic rings. The molecular weight excluding hydrogens is 350 g/mol. The van der Waals surface area contributed by atoms with E-state index in [1.807, 2.05) is 24.3 Å². The van der Waals surface area contributed by atoms with Gasteiger partial charge in [0.1, 0.15) is 0 Å². The van der Waals surface area contributed by atoms with E-state index in [-0.39, 0.29) is 17.5 Å². The molecule has 5 heteroatoms. The van der Waals surface area contributed by atoms with Crippen LogP contribution in [0.5, 0.6) is 0 Å². The van der Waals surface area contributed by atoms with E-state index in [9.17, 15) is 9.59 Å². The minimum Gasteiger partial charge on any atom is -0.356 e. The topological polar surface area (TPSA) is 66.9 Å². The number of amides is 1. The van der Waals surface area contributed by atoms with Gasteiger partial charge in [0.05, 0.1) is 11.6 Å². The maximum Gasteiger partial charge on any atom is 0.258 e. The van der Waals surface area contributed by atoms with E-state index in [0.29, 0.717) is 16.3 Å². The molecule has 1 aliphatic carbocycles. The number of aromatic amines is 1. The first kappa shape index (κ1) is 16.8. The van der Waals surface area contributed by atoms with Gasteiger partial charge in [-0.2, -0.15) is 0 Å². The molecule has 1 atom stereocenters. The summed E-state index contributed by atoms with van der Waals surface area (Å²) >= 11 is 0. The quantitative estimate of drug-likeness (QED) is 0.562. The Morgan fingerprint density at radius 2 is 1.79 bits per heavy atom. The normalized spacial score (nSPS) is 16.2. The van der Waals surface area contributed by atoms with Crippen molar-refractivity contribution in [3.63, 3.8) is 0 Å². The first-order valence-electron chi connectivity index (χ1n) is 9.62. The molecule has 2 N–H and O–H groups in total. The highest BCUT2D eigenvalue weighted by molar-refractivity contribution is 6.06. The number of carbonyl (C=O) groups is 1. The summed E-state index contributed by atoms with van der Waals surface area (Å²) < 4.78 is 1.48. The molecule has 28 heavy (non-hydrogen) atoms. The summed E-state index contributed by atoms with van der Waals surface area (Å²) in [5, 5.41) is 5.70. The van der Waals surface area contributed by atoms with Crippen molar-refractivity contribution in [2.24, 2.45) is 7.05 Å². The third-order valence-electron chi connectivity index (χ3n) is 5.76. The Bertz CT molecular complexity index is 1280. The summed E-state index contributed by atoms with van der Waals surface area (Å²) in [6.07, 6.45) is 4.59. The van der Waals surface area contributed by atoms with Crippen LogP contribution in [0.25, 0.3) is 21.7 Å². The number of aryl methyl sites for hydroxylation is 2. The zero-order chi connectivity index (χ0) is 19.3. The molecule has 1 aliphatic rings. The van der Waals surface area contributed by atoms with Gasteiger partial charge in [-0.25, -0.2) is 0 Å². The average Bonchev–Trinajstić information content (AvgIpc) is 3.10. The minimum atomic E-state index is -0.150. The molecule has 0 saturated carbocycles. The van der Waals surface area contributed by atoms with Gasteiger partial charge in [-0.15, -0.1) is 0 Å². The van der Waals surface area contributed by atoms with Crippen molar-refractivity contribution in [2.45, 2.75) is 25.3 Å². The van der Waals surface area contributed by atoms with Crippen LogP contribution in [-0.2, 0) is 13.5 Å². The number of benzene rings is 2. The largest absolute Gasteiger partial charge is 0.356 e. The van der Waals surface area contributed by atoms with Crippen LogP contribution < -0.4 is 10.9 Å². The van der Waals surface area contributed by atoms with E-state index < -0.39 is 0 Å². The van der Waals surface area contributed by atoms with Crippen molar-refractivity contribution >= 4 is 27.6 Å². The summed E-state index contributed by atoms with van der Waals surface area (Å²) in [4.78, 5) is 29.1. The second-order valence-electron chi connectivity index (χ2n) is 7.49. The van der Waals surface area contributed by atoms with Gasteiger partial charge in [0.25, 0.3) is 11.5 Å². The molecule has 0 unspecified atom stereocenters. The van der Waals surface area contributed by atoms with Crippen LogP contribution in [0.2, 0.25) is 0 Å². The summed E-state index contributed by atoms with van der Waals surface area (Å²) in [5.41, 5.74) is 3.96. The van der Waals surface area contributed by atoms with Crippen molar-refractivity contribution in [3.8, 4) is 0 Å². The van der Waals surface area contributed by atoms with Gasteiger partial charge in [0.2, 0.25) is 0 Å². The summed E-state index contributed by atoms with van der Waals surface area (Å²) in [5.74, 6) is -0.150. The van der Waals surface area contributed by atoms with Gasteiger partial charge < -0.3 is 14.9 Å². The van der Waals surface area contributed by atoms with Crippen LogP contribution >= 0.6 is 0 Å². The van der Waals surface area contributed by atoms with Crippen molar-refractivity contribution in [2.75, 3.05) is 0 Å². The molecule has 5 nitrogen and oxygen atoms in total.